The van der Waals surface area contributed by atoms with Crippen molar-refractivity contribution >= 4 is 15.9 Å². The van der Waals surface area contributed by atoms with E-state index in [9.17, 15) is 4.39 Å². The highest BCUT2D eigenvalue weighted by Crippen LogP contribution is 2.26. The molecule has 1 aromatic heterocycles. The summed E-state index contributed by atoms with van der Waals surface area (Å²) in [5.41, 5.74) is 8.30. The fraction of sp³-hybridized carbons (Fsp3) is 0.0625. The van der Waals surface area contributed by atoms with Gasteiger partial charge in [-0.05, 0) is 34.1 Å². The summed E-state index contributed by atoms with van der Waals surface area (Å²) >= 11 is 3.18. The number of rotatable bonds is 3. The van der Waals surface area contributed by atoms with Crippen LogP contribution in [0.25, 0.3) is 5.69 Å². The first kappa shape index (κ1) is 14.0. The quantitative estimate of drug-likeness (QED) is 0.784. The van der Waals surface area contributed by atoms with Crippen LogP contribution in [0.1, 0.15) is 17.2 Å². The van der Waals surface area contributed by atoms with Crippen molar-refractivity contribution in [3.05, 3.63) is 82.3 Å². The number of nitrogens with two attached hydrogens (primary N) is 1. The van der Waals surface area contributed by atoms with E-state index in [1.54, 1.807) is 29.1 Å². The molecule has 0 fully saturated rings. The van der Waals surface area contributed by atoms with Gasteiger partial charge in [-0.15, -0.1) is 0 Å². The van der Waals surface area contributed by atoms with Gasteiger partial charge in [0, 0.05) is 17.3 Å². The Bertz CT molecular complexity index is 755. The highest BCUT2D eigenvalue weighted by Gasteiger charge is 2.17. The van der Waals surface area contributed by atoms with Crippen LogP contribution in [-0.4, -0.2) is 9.78 Å². The van der Waals surface area contributed by atoms with Crippen molar-refractivity contribution in [2.75, 3.05) is 0 Å². The minimum absolute atomic E-state index is 0.336. The lowest BCUT2D eigenvalue weighted by Gasteiger charge is -2.11. The van der Waals surface area contributed by atoms with Crippen LogP contribution in [0.3, 0.4) is 0 Å². The van der Waals surface area contributed by atoms with E-state index in [1.165, 1.54) is 0 Å². The number of hydrogen-bond acceptors (Lipinski definition) is 2. The van der Waals surface area contributed by atoms with Crippen LogP contribution in [0.5, 0.6) is 0 Å². The van der Waals surface area contributed by atoms with Crippen LogP contribution in [0, 0.1) is 5.82 Å². The second-order valence-electron chi connectivity index (χ2n) is 4.67. The third-order valence-electron chi connectivity index (χ3n) is 3.30. The van der Waals surface area contributed by atoms with E-state index in [0.29, 0.717) is 10.0 Å². The van der Waals surface area contributed by atoms with Gasteiger partial charge < -0.3 is 5.73 Å². The van der Waals surface area contributed by atoms with Crippen molar-refractivity contribution in [3.8, 4) is 5.69 Å². The second kappa shape index (κ2) is 5.79. The molecule has 0 saturated heterocycles. The van der Waals surface area contributed by atoms with Gasteiger partial charge in [-0.3, -0.25) is 0 Å². The Balaban J connectivity index is 1.95. The number of halogens is 2. The molecule has 0 aliphatic heterocycles. The fourth-order valence-electron chi connectivity index (χ4n) is 2.16. The van der Waals surface area contributed by atoms with E-state index in [4.69, 9.17) is 5.73 Å². The molecule has 0 aliphatic carbocycles. The molecule has 1 heterocycles. The highest BCUT2D eigenvalue weighted by atomic mass is 79.9. The summed E-state index contributed by atoms with van der Waals surface area (Å²) in [6.45, 7) is 0. The molecule has 106 valence electrons. The Morgan fingerprint density at radius 1 is 1.10 bits per heavy atom. The number of benzene rings is 2. The summed E-state index contributed by atoms with van der Waals surface area (Å²) in [7, 11) is 0. The van der Waals surface area contributed by atoms with Crippen molar-refractivity contribution < 1.29 is 4.39 Å². The summed E-state index contributed by atoms with van der Waals surface area (Å²) in [4.78, 5) is 0. The molecule has 0 radical (unpaired) electrons. The maximum atomic E-state index is 14.1. The molecule has 0 spiro atoms. The molecule has 2 aromatic carbocycles. The maximum Gasteiger partial charge on any atom is 0.142 e. The van der Waals surface area contributed by atoms with Gasteiger partial charge >= 0.3 is 0 Å². The van der Waals surface area contributed by atoms with Gasteiger partial charge in [-0.1, -0.05) is 30.3 Å². The largest absolute Gasteiger partial charge is 0.320 e. The molecular weight excluding hydrogens is 333 g/mol. The SMILES string of the molecule is NC(c1cnn(-c2ccccc2)c1)c1cccc(Br)c1F. The maximum absolute atomic E-state index is 14.1. The Kier molecular flexibility index (Phi) is 3.86. The molecule has 2 N–H and O–H groups in total. The van der Waals surface area contributed by atoms with Gasteiger partial charge in [-0.2, -0.15) is 5.10 Å². The third kappa shape index (κ3) is 2.75. The molecule has 0 amide bonds. The smallest absolute Gasteiger partial charge is 0.142 e. The first-order chi connectivity index (χ1) is 10.2. The average molecular weight is 346 g/mol. The molecule has 5 heteroatoms. The van der Waals surface area contributed by atoms with E-state index in [1.807, 2.05) is 36.5 Å². The zero-order valence-electron chi connectivity index (χ0n) is 11.1. The lowest BCUT2D eigenvalue weighted by molar-refractivity contribution is 0.593. The van der Waals surface area contributed by atoms with Crippen LogP contribution < -0.4 is 5.73 Å². The van der Waals surface area contributed by atoms with Crippen LogP contribution in [0.4, 0.5) is 4.39 Å². The van der Waals surface area contributed by atoms with Crippen LogP contribution in [-0.2, 0) is 0 Å². The molecule has 21 heavy (non-hydrogen) atoms. The van der Waals surface area contributed by atoms with E-state index >= 15 is 0 Å². The van der Waals surface area contributed by atoms with Crippen LogP contribution in [0.15, 0.2) is 65.4 Å². The Morgan fingerprint density at radius 3 is 2.62 bits per heavy atom. The van der Waals surface area contributed by atoms with Gasteiger partial charge in [0.2, 0.25) is 0 Å². The Morgan fingerprint density at radius 2 is 1.86 bits per heavy atom. The lowest BCUT2D eigenvalue weighted by atomic mass is 10.0. The molecule has 0 aliphatic rings. The molecule has 1 unspecified atom stereocenters. The topological polar surface area (TPSA) is 43.8 Å². The average Bonchev–Trinajstić information content (AvgIpc) is 3.00. The predicted molar refractivity (Wildman–Crippen MR) is 83.7 cm³/mol. The van der Waals surface area contributed by atoms with Crippen molar-refractivity contribution in [2.24, 2.45) is 5.73 Å². The fourth-order valence-corrected chi connectivity index (χ4v) is 2.54. The first-order valence-electron chi connectivity index (χ1n) is 6.46. The Labute approximate surface area is 130 Å². The van der Waals surface area contributed by atoms with Gasteiger partial charge in [0.1, 0.15) is 5.82 Å². The zero-order valence-corrected chi connectivity index (χ0v) is 12.7. The molecule has 3 aromatic rings. The van der Waals surface area contributed by atoms with E-state index < -0.39 is 6.04 Å². The lowest BCUT2D eigenvalue weighted by Crippen LogP contribution is -2.13. The molecular formula is C16H13BrFN3. The third-order valence-corrected chi connectivity index (χ3v) is 3.91. The zero-order chi connectivity index (χ0) is 14.8. The minimum atomic E-state index is -0.556. The summed E-state index contributed by atoms with van der Waals surface area (Å²) in [6.07, 6.45) is 3.48. The van der Waals surface area contributed by atoms with Gasteiger partial charge in [0.25, 0.3) is 0 Å². The highest BCUT2D eigenvalue weighted by molar-refractivity contribution is 9.10. The van der Waals surface area contributed by atoms with Gasteiger partial charge in [-0.25, -0.2) is 9.07 Å². The number of hydrogen-bond donors (Lipinski definition) is 1. The normalized spacial score (nSPS) is 12.3. The molecule has 0 saturated carbocycles. The number of aromatic nitrogens is 2. The minimum Gasteiger partial charge on any atom is -0.320 e. The van der Waals surface area contributed by atoms with Crippen molar-refractivity contribution in [2.45, 2.75) is 6.04 Å². The molecule has 1 atom stereocenters. The first-order valence-corrected chi connectivity index (χ1v) is 7.25. The van der Waals surface area contributed by atoms with Crippen LogP contribution in [0.2, 0.25) is 0 Å². The number of nitrogens with zero attached hydrogens (tertiary/aromatic N) is 2. The summed E-state index contributed by atoms with van der Waals surface area (Å²) in [6, 6.07) is 14.3. The second-order valence-corrected chi connectivity index (χ2v) is 5.53. The number of para-hydroxylation sites is 1. The molecule has 3 rings (SSSR count). The van der Waals surface area contributed by atoms with Crippen molar-refractivity contribution in [1.29, 1.82) is 0 Å². The van der Waals surface area contributed by atoms with E-state index in [0.717, 1.165) is 11.3 Å². The van der Waals surface area contributed by atoms with Crippen LogP contribution >= 0.6 is 15.9 Å². The van der Waals surface area contributed by atoms with Crippen molar-refractivity contribution in [3.63, 3.8) is 0 Å². The predicted octanol–water partition coefficient (Wildman–Crippen LogP) is 3.82. The summed E-state index contributed by atoms with van der Waals surface area (Å²) in [5, 5.41) is 4.29. The standard InChI is InChI=1S/C16H13BrFN3/c17-14-8-4-7-13(15(14)18)16(19)11-9-20-21(10-11)12-5-2-1-3-6-12/h1-10,16H,19H2. The van der Waals surface area contributed by atoms with Gasteiger partial charge in [0.15, 0.2) is 0 Å². The summed E-state index contributed by atoms with van der Waals surface area (Å²) < 4.78 is 16.2. The van der Waals surface area contributed by atoms with E-state index in [2.05, 4.69) is 21.0 Å². The Hall–Kier alpha value is -1.98. The summed E-state index contributed by atoms with van der Waals surface area (Å²) in [5.74, 6) is -0.336. The van der Waals surface area contributed by atoms with Gasteiger partial charge in [0.05, 0.1) is 22.4 Å². The van der Waals surface area contributed by atoms with E-state index in [-0.39, 0.29) is 5.82 Å². The molecule has 3 nitrogen and oxygen atoms in total. The monoisotopic (exact) mass is 345 g/mol. The molecule has 0 bridgehead atoms. The van der Waals surface area contributed by atoms with Crippen molar-refractivity contribution in [1.82, 2.24) is 9.78 Å².